The third-order valence-electron chi connectivity index (χ3n) is 4.21. The number of non-ortho nitro benzene ring substituents is 2. The first-order chi connectivity index (χ1) is 12.8. The Morgan fingerprint density at radius 3 is 2.19 bits per heavy atom. The van der Waals surface area contributed by atoms with E-state index in [0.29, 0.717) is 6.42 Å². The third kappa shape index (κ3) is 3.62. The van der Waals surface area contributed by atoms with Gasteiger partial charge in [-0.05, 0) is 31.2 Å². The largest absolute Gasteiger partial charge is 0.366 e. The van der Waals surface area contributed by atoms with E-state index in [1.807, 2.05) is 0 Å². The summed E-state index contributed by atoms with van der Waals surface area (Å²) in [6.45, 7) is 0. The zero-order valence-electron chi connectivity index (χ0n) is 13.9. The van der Waals surface area contributed by atoms with Crippen molar-refractivity contribution in [2.45, 2.75) is 25.7 Å². The summed E-state index contributed by atoms with van der Waals surface area (Å²) in [5.74, 6) is -1.40. The smallest absolute Gasteiger partial charge is 0.278 e. The molecule has 0 unspecified atom stereocenters. The first-order valence-electron chi connectivity index (χ1n) is 7.97. The summed E-state index contributed by atoms with van der Waals surface area (Å²) in [6.07, 6.45) is 3.24. The van der Waals surface area contributed by atoms with Crippen LogP contribution < -0.4 is 11.1 Å². The second kappa shape index (κ2) is 7.11. The lowest BCUT2D eigenvalue weighted by atomic mass is 9.94. The van der Waals surface area contributed by atoms with Crippen molar-refractivity contribution in [1.29, 1.82) is 0 Å². The van der Waals surface area contributed by atoms with Gasteiger partial charge in [-0.15, -0.1) is 11.3 Å². The van der Waals surface area contributed by atoms with Crippen molar-refractivity contribution in [2.75, 3.05) is 5.32 Å². The zero-order valence-corrected chi connectivity index (χ0v) is 14.7. The molecule has 0 bridgehead atoms. The average Bonchev–Trinajstić information content (AvgIpc) is 3.01. The van der Waals surface area contributed by atoms with Crippen LogP contribution in [0.15, 0.2) is 18.2 Å². The number of thiophene rings is 1. The molecule has 0 saturated carbocycles. The van der Waals surface area contributed by atoms with E-state index >= 15 is 0 Å². The number of primary amides is 1. The molecule has 2 aromatic rings. The Morgan fingerprint density at radius 1 is 1.04 bits per heavy atom. The van der Waals surface area contributed by atoms with Gasteiger partial charge in [0, 0.05) is 17.0 Å². The van der Waals surface area contributed by atoms with Crippen molar-refractivity contribution >= 4 is 40.2 Å². The molecule has 2 amide bonds. The summed E-state index contributed by atoms with van der Waals surface area (Å²) in [5.41, 5.74) is 5.22. The van der Waals surface area contributed by atoms with E-state index < -0.39 is 33.0 Å². The fraction of sp³-hybridized carbons (Fsp3) is 0.250. The molecule has 0 radical (unpaired) electrons. The number of fused-ring (bicyclic) bond motifs is 1. The van der Waals surface area contributed by atoms with Gasteiger partial charge in [-0.3, -0.25) is 29.8 Å². The SMILES string of the molecule is NC(=O)c1c(C(=O)Nc2cc([N+](=O)[O-])cc([N+](=O)[O-])c2)sc2c1CCCC2. The van der Waals surface area contributed by atoms with Crippen LogP contribution in [0.4, 0.5) is 17.1 Å². The molecule has 1 aromatic heterocycles. The molecule has 3 N–H and O–H groups in total. The maximum absolute atomic E-state index is 12.7. The van der Waals surface area contributed by atoms with Gasteiger partial charge in [0.15, 0.2) is 0 Å². The van der Waals surface area contributed by atoms with Gasteiger partial charge in [0.25, 0.3) is 23.2 Å². The minimum absolute atomic E-state index is 0.109. The Labute approximate surface area is 156 Å². The van der Waals surface area contributed by atoms with Crippen LogP contribution in [0.1, 0.15) is 43.3 Å². The molecule has 10 nitrogen and oxygen atoms in total. The van der Waals surface area contributed by atoms with Gasteiger partial charge in [0.1, 0.15) is 4.88 Å². The fourth-order valence-corrected chi connectivity index (χ4v) is 4.34. The van der Waals surface area contributed by atoms with Crippen LogP contribution >= 0.6 is 11.3 Å². The molecule has 140 valence electrons. The molecule has 0 fully saturated rings. The maximum atomic E-state index is 12.7. The highest BCUT2D eigenvalue weighted by molar-refractivity contribution is 7.14. The van der Waals surface area contributed by atoms with E-state index in [1.54, 1.807) is 0 Å². The van der Waals surface area contributed by atoms with E-state index in [-0.39, 0.29) is 16.1 Å². The van der Waals surface area contributed by atoms with Crippen molar-refractivity contribution < 1.29 is 19.4 Å². The van der Waals surface area contributed by atoms with Crippen LogP contribution in [-0.4, -0.2) is 21.7 Å². The van der Waals surface area contributed by atoms with Crippen LogP contribution in [0.25, 0.3) is 0 Å². The lowest BCUT2D eigenvalue weighted by Gasteiger charge is -2.11. The molecule has 0 saturated heterocycles. The molecule has 1 aromatic carbocycles. The van der Waals surface area contributed by atoms with Gasteiger partial charge >= 0.3 is 0 Å². The normalized spacial score (nSPS) is 12.9. The minimum Gasteiger partial charge on any atom is -0.366 e. The van der Waals surface area contributed by atoms with E-state index in [4.69, 9.17) is 5.73 Å². The quantitative estimate of drug-likeness (QED) is 0.590. The average molecular weight is 390 g/mol. The zero-order chi connectivity index (χ0) is 19.7. The maximum Gasteiger partial charge on any atom is 0.278 e. The summed E-state index contributed by atoms with van der Waals surface area (Å²) in [7, 11) is 0. The molecular formula is C16H14N4O6S. The molecule has 3 rings (SSSR count). The van der Waals surface area contributed by atoms with Gasteiger partial charge < -0.3 is 11.1 Å². The molecule has 1 aliphatic carbocycles. The first-order valence-corrected chi connectivity index (χ1v) is 8.79. The number of amides is 2. The number of rotatable bonds is 5. The minimum atomic E-state index is -0.790. The molecular weight excluding hydrogens is 376 g/mol. The first kappa shape index (κ1) is 18.5. The molecule has 27 heavy (non-hydrogen) atoms. The van der Waals surface area contributed by atoms with Crippen LogP contribution in [0.3, 0.4) is 0 Å². The Kier molecular flexibility index (Phi) is 4.86. The molecule has 1 heterocycles. The number of anilines is 1. The van der Waals surface area contributed by atoms with Crippen molar-refractivity contribution in [2.24, 2.45) is 5.73 Å². The highest BCUT2D eigenvalue weighted by Crippen LogP contribution is 2.35. The number of carbonyl (C=O) groups is 2. The molecule has 0 aliphatic heterocycles. The summed E-state index contributed by atoms with van der Waals surface area (Å²) in [6, 6.07) is 2.83. The van der Waals surface area contributed by atoms with Crippen LogP contribution in [-0.2, 0) is 12.8 Å². The van der Waals surface area contributed by atoms with Crippen molar-refractivity contribution in [3.63, 3.8) is 0 Å². The fourth-order valence-electron chi connectivity index (χ4n) is 3.05. The number of nitro benzene ring substituents is 2. The summed E-state index contributed by atoms with van der Waals surface area (Å²) < 4.78 is 0. The number of hydrogen-bond donors (Lipinski definition) is 2. The van der Waals surface area contributed by atoms with Crippen molar-refractivity contribution in [3.05, 3.63) is 59.3 Å². The van der Waals surface area contributed by atoms with Crippen LogP contribution in [0.2, 0.25) is 0 Å². The molecule has 11 heteroatoms. The number of nitrogens with zero attached hydrogens (tertiary/aromatic N) is 2. The number of nitrogens with two attached hydrogens (primary N) is 1. The second-order valence-electron chi connectivity index (χ2n) is 5.99. The van der Waals surface area contributed by atoms with Gasteiger partial charge in [-0.1, -0.05) is 0 Å². The topological polar surface area (TPSA) is 158 Å². The molecule has 0 atom stereocenters. The highest BCUT2D eigenvalue weighted by atomic mass is 32.1. The number of nitrogens with one attached hydrogen (secondary N) is 1. The predicted molar refractivity (Wildman–Crippen MR) is 97.2 cm³/mol. The van der Waals surface area contributed by atoms with E-state index in [0.717, 1.165) is 59.2 Å². The van der Waals surface area contributed by atoms with Crippen molar-refractivity contribution in [1.82, 2.24) is 0 Å². The van der Waals surface area contributed by atoms with Gasteiger partial charge in [-0.2, -0.15) is 0 Å². The lowest BCUT2D eigenvalue weighted by molar-refractivity contribution is -0.394. The van der Waals surface area contributed by atoms with Gasteiger partial charge in [0.05, 0.1) is 27.2 Å². The van der Waals surface area contributed by atoms with E-state index in [9.17, 15) is 29.8 Å². The standard InChI is InChI=1S/C16H14N4O6S/c17-15(21)13-11-3-1-2-4-12(11)27-14(13)16(22)18-8-5-9(19(23)24)7-10(6-8)20(25)26/h5-7H,1-4H2,(H2,17,21)(H,18,22). The number of aryl methyl sites for hydroxylation is 1. The molecule has 0 spiro atoms. The summed E-state index contributed by atoms with van der Waals surface area (Å²) in [4.78, 5) is 45.9. The Hall–Kier alpha value is -3.34. The number of nitro groups is 2. The van der Waals surface area contributed by atoms with Gasteiger partial charge in [0.2, 0.25) is 0 Å². The number of hydrogen-bond acceptors (Lipinski definition) is 7. The van der Waals surface area contributed by atoms with Gasteiger partial charge in [-0.25, -0.2) is 0 Å². The third-order valence-corrected chi connectivity index (χ3v) is 5.50. The second-order valence-corrected chi connectivity index (χ2v) is 7.09. The predicted octanol–water partition coefficient (Wildman–Crippen LogP) is 2.79. The monoisotopic (exact) mass is 390 g/mol. The van der Waals surface area contributed by atoms with Crippen LogP contribution in [0, 0.1) is 20.2 Å². The Balaban J connectivity index is 1.99. The Bertz CT molecular complexity index is 951. The molecule has 1 aliphatic rings. The number of benzene rings is 1. The Morgan fingerprint density at radius 2 is 1.63 bits per heavy atom. The summed E-state index contributed by atoms with van der Waals surface area (Å²) >= 11 is 1.16. The summed E-state index contributed by atoms with van der Waals surface area (Å²) in [5, 5.41) is 24.3. The highest BCUT2D eigenvalue weighted by Gasteiger charge is 2.28. The van der Waals surface area contributed by atoms with Crippen molar-refractivity contribution in [3.8, 4) is 0 Å². The lowest BCUT2D eigenvalue weighted by Crippen LogP contribution is -2.20. The number of carbonyl (C=O) groups excluding carboxylic acids is 2. The van der Waals surface area contributed by atoms with Crippen LogP contribution in [0.5, 0.6) is 0 Å². The van der Waals surface area contributed by atoms with E-state index in [2.05, 4.69) is 5.32 Å². The van der Waals surface area contributed by atoms with E-state index in [1.165, 1.54) is 0 Å².